The van der Waals surface area contributed by atoms with E-state index in [1.807, 2.05) is 16.5 Å². The monoisotopic (exact) mass is 791 g/mol. The molecule has 2 aliphatic heterocycles. The van der Waals surface area contributed by atoms with Gasteiger partial charge in [-0.05, 0) is 94.6 Å². The van der Waals surface area contributed by atoms with Gasteiger partial charge >= 0.3 is 16.4 Å². The maximum absolute atomic E-state index is 13.4. The summed E-state index contributed by atoms with van der Waals surface area (Å²) in [5, 5.41) is 16.4. The van der Waals surface area contributed by atoms with Crippen LogP contribution in [-0.2, 0) is 33.6 Å². The topological polar surface area (TPSA) is 184 Å². The number of nitrogens with one attached hydrogen (secondary N) is 3. The predicted octanol–water partition coefficient (Wildman–Crippen LogP) is 4.74. The molecule has 4 unspecified atom stereocenters. The van der Waals surface area contributed by atoms with Gasteiger partial charge in [-0.2, -0.15) is 8.42 Å². The number of amides is 4. The summed E-state index contributed by atoms with van der Waals surface area (Å²) < 4.78 is 37.6. The van der Waals surface area contributed by atoms with Gasteiger partial charge in [-0.3, -0.25) is 19.3 Å². The number of carbonyl (C=O) groups excluding carboxylic acids is 4. The number of alkyl carbamates (subject to hydrolysis) is 1. The molecule has 5 rings (SSSR count). The quantitative estimate of drug-likeness (QED) is 0.133. The van der Waals surface area contributed by atoms with Gasteiger partial charge in [0.15, 0.2) is 0 Å². The minimum Gasteiger partial charge on any atom is -0.449 e. The summed E-state index contributed by atoms with van der Waals surface area (Å²) in [6.45, 7) is 9.48. The molecule has 55 heavy (non-hydrogen) atoms. The lowest BCUT2D eigenvalue weighted by molar-refractivity contribution is -0.133. The highest BCUT2D eigenvalue weighted by molar-refractivity contribution is 7.85. The number of fused-ring (bicyclic) bond motifs is 1. The highest BCUT2D eigenvalue weighted by Crippen LogP contribution is 2.42. The Morgan fingerprint density at radius 3 is 2.47 bits per heavy atom. The molecule has 2 saturated heterocycles. The summed E-state index contributed by atoms with van der Waals surface area (Å²) in [5.41, 5.74) is 3.37. The smallest absolute Gasteiger partial charge is 0.407 e. The van der Waals surface area contributed by atoms with E-state index in [1.165, 1.54) is 23.1 Å². The second kappa shape index (κ2) is 19.0. The lowest BCUT2D eigenvalue weighted by Gasteiger charge is -2.37. The molecular weight excluding hydrogens is 727 g/mol. The first-order valence-corrected chi connectivity index (χ1v) is 22.1. The van der Waals surface area contributed by atoms with Crippen LogP contribution in [0.25, 0.3) is 0 Å². The average molecular weight is 792 g/mol. The summed E-state index contributed by atoms with van der Waals surface area (Å²) in [6.07, 6.45) is 15.3. The van der Waals surface area contributed by atoms with Crippen LogP contribution in [0.4, 0.5) is 4.79 Å². The van der Waals surface area contributed by atoms with E-state index >= 15 is 0 Å². The van der Waals surface area contributed by atoms with Crippen molar-refractivity contribution >= 4 is 34.1 Å². The molecule has 5 aliphatic rings. The van der Waals surface area contributed by atoms with Gasteiger partial charge < -0.3 is 25.4 Å². The molecular formula is C40H65N5O9S. The molecule has 4 N–H and O–H groups in total. The zero-order valence-electron chi connectivity index (χ0n) is 33.5. The van der Waals surface area contributed by atoms with Crippen molar-refractivity contribution in [2.45, 2.75) is 161 Å². The predicted molar refractivity (Wildman–Crippen MR) is 207 cm³/mol. The molecule has 4 atom stereocenters. The van der Waals surface area contributed by atoms with Gasteiger partial charge in [-0.25, -0.2) is 13.7 Å². The molecule has 310 valence electrons. The van der Waals surface area contributed by atoms with Crippen molar-refractivity contribution in [3.63, 3.8) is 0 Å². The molecule has 4 fully saturated rings. The molecule has 4 amide bonds. The van der Waals surface area contributed by atoms with Gasteiger partial charge in [0, 0.05) is 32.0 Å². The van der Waals surface area contributed by atoms with E-state index < -0.39 is 52.1 Å². The standard InChI is InChI=1S/C40H65N5O9S/c1-5-13-33(36(48)43-55(51,52)54-39(4)21-22-39)42-37(49)34-15-12-23-45(34)35(47)24-41-38(50)53-27-40(19-10-7-11-20-40)18-9-6-8-14-31-28(2)16-17-30-25-44(29(3)46)26-32(30)31/h17,28,33-35,47H,5-16,18-27H2,1-4H3,(H,41,50)(H,42,49)(H,43,48). The second-order valence-electron chi connectivity index (χ2n) is 17.0. The first kappa shape index (κ1) is 43.1. The van der Waals surface area contributed by atoms with Crippen molar-refractivity contribution in [2.75, 3.05) is 32.8 Å². The van der Waals surface area contributed by atoms with Crippen molar-refractivity contribution in [3.05, 3.63) is 22.8 Å². The SMILES string of the molecule is CCCC(NC(=O)C1CCCN1C(O)CNC(=O)OCC1(CCCCCC2=C3CN(C(C)=O)CC3=CCC2C)CCCCC1)C(=O)NS(=O)(=O)OC1(C)CC1. The number of aliphatic hydroxyl groups is 1. The Labute approximate surface area is 327 Å². The Bertz CT molecular complexity index is 1570. The molecule has 2 saturated carbocycles. The van der Waals surface area contributed by atoms with Crippen molar-refractivity contribution in [1.82, 2.24) is 25.2 Å². The number of carbonyl (C=O) groups is 4. The lowest BCUT2D eigenvalue weighted by Crippen LogP contribution is -2.55. The number of allylic oxidation sites excluding steroid dienone is 2. The number of hydrogen-bond donors (Lipinski definition) is 4. The Hall–Kier alpha value is -3.01. The third-order valence-electron chi connectivity index (χ3n) is 12.4. The van der Waals surface area contributed by atoms with Gasteiger partial charge in [0.2, 0.25) is 11.8 Å². The number of rotatable bonds is 19. The van der Waals surface area contributed by atoms with Crippen LogP contribution in [0.5, 0.6) is 0 Å². The van der Waals surface area contributed by atoms with Crippen LogP contribution in [-0.4, -0.2) is 104 Å². The summed E-state index contributed by atoms with van der Waals surface area (Å²) >= 11 is 0. The Balaban J connectivity index is 1.05. The summed E-state index contributed by atoms with van der Waals surface area (Å²) in [4.78, 5) is 54.7. The number of ether oxygens (including phenoxy) is 1. The highest BCUT2D eigenvalue weighted by atomic mass is 32.2. The van der Waals surface area contributed by atoms with Crippen LogP contribution in [0.2, 0.25) is 0 Å². The molecule has 2 heterocycles. The maximum Gasteiger partial charge on any atom is 0.407 e. The Morgan fingerprint density at radius 1 is 1.04 bits per heavy atom. The number of hydrogen-bond acceptors (Lipinski definition) is 10. The van der Waals surface area contributed by atoms with Crippen molar-refractivity contribution < 1.29 is 41.6 Å². The average Bonchev–Trinajstić information content (AvgIpc) is 3.48. The first-order chi connectivity index (χ1) is 26.1. The largest absolute Gasteiger partial charge is 0.449 e. The maximum atomic E-state index is 13.4. The Morgan fingerprint density at radius 2 is 1.78 bits per heavy atom. The third-order valence-corrected chi connectivity index (χ3v) is 13.5. The fourth-order valence-corrected chi connectivity index (χ4v) is 9.96. The zero-order valence-corrected chi connectivity index (χ0v) is 34.3. The molecule has 14 nitrogen and oxygen atoms in total. The van der Waals surface area contributed by atoms with E-state index in [0.717, 1.165) is 77.3 Å². The molecule has 0 aromatic carbocycles. The number of likely N-dealkylation sites (tertiary alicyclic amines) is 2. The molecule has 15 heteroatoms. The van der Waals surface area contributed by atoms with Crippen molar-refractivity contribution in [3.8, 4) is 0 Å². The van der Waals surface area contributed by atoms with Crippen LogP contribution in [0.3, 0.4) is 0 Å². The van der Waals surface area contributed by atoms with Crippen LogP contribution in [0, 0.1) is 11.3 Å². The van der Waals surface area contributed by atoms with Gasteiger partial charge in [0.1, 0.15) is 12.3 Å². The summed E-state index contributed by atoms with van der Waals surface area (Å²) in [5.74, 6) is -0.729. The molecule has 0 aromatic rings. The third kappa shape index (κ3) is 12.0. The van der Waals surface area contributed by atoms with Crippen LogP contribution >= 0.6 is 0 Å². The minimum atomic E-state index is -4.33. The number of unbranched alkanes of at least 4 members (excludes halogenated alkanes) is 2. The van der Waals surface area contributed by atoms with E-state index in [1.54, 1.807) is 18.7 Å². The van der Waals surface area contributed by atoms with E-state index in [-0.39, 0.29) is 24.3 Å². The van der Waals surface area contributed by atoms with Crippen LogP contribution in [0.1, 0.15) is 137 Å². The van der Waals surface area contributed by atoms with Crippen LogP contribution in [0.15, 0.2) is 22.8 Å². The van der Waals surface area contributed by atoms with Gasteiger partial charge in [-0.15, -0.1) is 0 Å². The fraction of sp³-hybridized carbons (Fsp3) is 0.800. The van der Waals surface area contributed by atoms with Crippen molar-refractivity contribution in [2.24, 2.45) is 11.3 Å². The molecule has 0 bridgehead atoms. The lowest BCUT2D eigenvalue weighted by atomic mass is 9.71. The second-order valence-corrected chi connectivity index (χ2v) is 18.3. The Kier molecular flexibility index (Phi) is 14.9. The van der Waals surface area contributed by atoms with Gasteiger partial charge in [-0.1, -0.05) is 64.0 Å². The van der Waals surface area contributed by atoms with Gasteiger partial charge in [0.25, 0.3) is 5.91 Å². The number of aliphatic hydroxyl groups excluding tert-OH is 1. The van der Waals surface area contributed by atoms with E-state index in [2.05, 4.69) is 23.6 Å². The number of nitrogens with zero attached hydrogens (tertiary/aromatic N) is 2. The molecule has 0 radical (unpaired) electrons. The molecule has 0 aromatic heterocycles. The summed E-state index contributed by atoms with van der Waals surface area (Å²) in [6, 6.07) is -1.85. The van der Waals surface area contributed by atoms with E-state index in [0.29, 0.717) is 51.2 Å². The van der Waals surface area contributed by atoms with E-state index in [9.17, 15) is 32.7 Å². The normalized spacial score (nSPS) is 24.4. The zero-order chi connectivity index (χ0) is 39.8. The van der Waals surface area contributed by atoms with Crippen molar-refractivity contribution in [1.29, 1.82) is 0 Å². The minimum absolute atomic E-state index is 0.0572. The van der Waals surface area contributed by atoms with Crippen LogP contribution < -0.4 is 15.4 Å². The molecule has 0 spiro atoms. The fourth-order valence-electron chi connectivity index (χ4n) is 8.84. The molecule has 3 aliphatic carbocycles. The summed E-state index contributed by atoms with van der Waals surface area (Å²) in [7, 11) is -4.33. The first-order valence-electron chi connectivity index (χ1n) is 20.7. The highest BCUT2D eigenvalue weighted by Gasteiger charge is 2.44. The van der Waals surface area contributed by atoms with Gasteiger partial charge in [0.05, 0.1) is 24.8 Å². The van der Waals surface area contributed by atoms with E-state index in [4.69, 9.17) is 8.92 Å².